The second-order valence-electron chi connectivity index (χ2n) is 5.30. The van der Waals surface area contributed by atoms with E-state index in [2.05, 4.69) is 9.80 Å². The van der Waals surface area contributed by atoms with Gasteiger partial charge in [0.25, 0.3) is 0 Å². The summed E-state index contributed by atoms with van der Waals surface area (Å²) in [6, 6.07) is 0. The van der Waals surface area contributed by atoms with Gasteiger partial charge in [-0.25, -0.2) is 0 Å². The first-order valence-corrected chi connectivity index (χ1v) is 7.07. The van der Waals surface area contributed by atoms with Crippen molar-refractivity contribution in [3.8, 4) is 0 Å². The lowest BCUT2D eigenvalue weighted by molar-refractivity contribution is -0.121. The molecule has 1 unspecified atom stereocenters. The Morgan fingerprint density at radius 1 is 1.17 bits per heavy atom. The maximum absolute atomic E-state index is 11.1. The average Bonchev–Trinajstić information content (AvgIpc) is 2.55. The second-order valence-corrected chi connectivity index (χ2v) is 5.30. The van der Waals surface area contributed by atoms with Crippen LogP contribution in [0, 0.1) is 5.92 Å². The van der Waals surface area contributed by atoms with Crippen molar-refractivity contribution in [2.45, 2.75) is 26.2 Å². The largest absolute Gasteiger partial charge is 0.369 e. The molecule has 1 saturated heterocycles. The summed E-state index contributed by atoms with van der Waals surface area (Å²) in [6.45, 7) is 9.01. The molecule has 1 aliphatic rings. The third-order valence-electron chi connectivity index (χ3n) is 3.63. The van der Waals surface area contributed by atoms with Gasteiger partial charge in [-0.2, -0.15) is 0 Å². The summed E-state index contributed by atoms with van der Waals surface area (Å²) in [5, 5.41) is 0. The first-order chi connectivity index (χ1) is 8.63. The van der Waals surface area contributed by atoms with E-state index in [0.717, 1.165) is 52.2 Å². The lowest BCUT2D eigenvalue weighted by atomic mass is 10.1. The minimum Gasteiger partial charge on any atom is -0.369 e. The maximum atomic E-state index is 11.1. The summed E-state index contributed by atoms with van der Waals surface area (Å²) in [5.74, 6) is -0.243. The van der Waals surface area contributed by atoms with Gasteiger partial charge in [-0.15, -0.1) is 0 Å². The van der Waals surface area contributed by atoms with Crippen molar-refractivity contribution in [2.75, 3.05) is 45.8 Å². The van der Waals surface area contributed by atoms with Crippen molar-refractivity contribution < 1.29 is 4.79 Å². The van der Waals surface area contributed by atoms with Gasteiger partial charge in [0.05, 0.1) is 0 Å². The normalized spacial score (nSPS) is 20.6. The molecule has 0 saturated carbocycles. The Morgan fingerprint density at radius 2 is 1.83 bits per heavy atom. The zero-order chi connectivity index (χ0) is 13.4. The van der Waals surface area contributed by atoms with Gasteiger partial charge < -0.3 is 21.3 Å². The van der Waals surface area contributed by atoms with Gasteiger partial charge in [0, 0.05) is 25.6 Å². The highest BCUT2D eigenvalue weighted by Crippen LogP contribution is 2.07. The number of carbonyl (C=O) groups is 1. The smallest absolute Gasteiger partial charge is 0.221 e. The van der Waals surface area contributed by atoms with Crippen LogP contribution in [0.25, 0.3) is 0 Å². The number of amides is 1. The molecule has 5 nitrogen and oxygen atoms in total. The van der Waals surface area contributed by atoms with Crippen LogP contribution in [0.1, 0.15) is 26.2 Å². The number of carbonyl (C=O) groups excluding carboxylic acids is 1. The number of nitrogens with two attached hydrogens (primary N) is 2. The van der Waals surface area contributed by atoms with Gasteiger partial charge in [-0.3, -0.25) is 4.79 Å². The Kier molecular flexibility index (Phi) is 7.23. The fourth-order valence-electron chi connectivity index (χ4n) is 2.39. The molecule has 1 rings (SSSR count). The Morgan fingerprint density at radius 3 is 2.50 bits per heavy atom. The molecule has 0 aromatic carbocycles. The Balaban J connectivity index is 2.25. The fourth-order valence-corrected chi connectivity index (χ4v) is 2.39. The monoisotopic (exact) mass is 256 g/mol. The quantitative estimate of drug-likeness (QED) is 0.621. The van der Waals surface area contributed by atoms with Crippen molar-refractivity contribution >= 4 is 5.91 Å². The molecule has 1 atom stereocenters. The second kappa shape index (κ2) is 8.45. The highest BCUT2D eigenvalue weighted by atomic mass is 16.1. The molecular weight excluding hydrogens is 228 g/mol. The fraction of sp³-hybridized carbons (Fsp3) is 0.923. The van der Waals surface area contributed by atoms with Gasteiger partial charge in [0.1, 0.15) is 0 Å². The van der Waals surface area contributed by atoms with Gasteiger partial charge in [-0.1, -0.05) is 6.92 Å². The molecule has 1 aliphatic heterocycles. The van der Waals surface area contributed by atoms with Crippen LogP contribution in [-0.4, -0.2) is 61.5 Å². The molecule has 4 N–H and O–H groups in total. The van der Waals surface area contributed by atoms with Gasteiger partial charge >= 0.3 is 0 Å². The first-order valence-electron chi connectivity index (χ1n) is 7.07. The number of primary amides is 1. The van der Waals surface area contributed by atoms with Crippen LogP contribution in [-0.2, 0) is 4.79 Å². The first kappa shape index (κ1) is 15.4. The number of unbranched alkanes of at least 4 members (excludes halogenated alkanes) is 1. The molecule has 0 bridgehead atoms. The molecule has 0 aromatic rings. The average molecular weight is 256 g/mol. The Labute approximate surface area is 110 Å². The molecule has 0 spiro atoms. The lowest BCUT2D eigenvalue weighted by Crippen LogP contribution is -2.37. The van der Waals surface area contributed by atoms with E-state index >= 15 is 0 Å². The van der Waals surface area contributed by atoms with E-state index in [1.54, 1.807) is 0 Å². The van der Waals surface area contributed by atoms with Crippen LogP contribution >= 0.6 is 0 Å². The van der Waals surface area contributed by atoms with Gasteiger partial charge in [0.2, 0.25) is 5.91 Å². The zero-order valence-electron chi connectivity index (χ0n) is 11.6. The summed E-state index contributed by atoms with van der Waals surface area (Å²) < 4.78 is 0. The third-order valence-corrected chi connectivity index (χ3v) is 3.63. The molecule has 1 amide bonds. The Hall–Kier alpha value is -0.650. The van der Waals surface area contributed by atoms with Crippen molar-refractivity contribution in [1.82, 2.24) is 9.80 Å². The van der Waals surface area contributed by atoms with Crippen molar-refractivity contribution in [1.29, 1.82) is 0 Å². The lowest BCUT2D eigenvalue weighted by Gasteiger charge is -2.23. The van der Waals surface area contributed by atoms with Crippen LogP contribution < -0.4 is 11.5 Å². The minimum atomic E-state index is -0.195. The molecule has 1 fully saturated rings. The van der Waals surface area contributed by atoms with E-state index in [1.807, 2.05) is 6.92 Å². The minimum absolute atomic E-state index is 0.0474. The van der Waals surface area contributed by atoms with E-state index in [-0.39, 0.29) is 11.8 Å². The van der Waals surface area contributed by atoms with Crippen molar-refractivity contribution in [3.63, 3.8) is 0 Å². The highest BCUT2D eigenvalue weighted by molar-refractivity contribution is 5.76. The summed E-state index contributed by atoms with van der Waals surface area (Å²) >= 11 is 0. The predicted molar refractivity (Wildman–Crippen MR) is 74.1 cm³/mol. The predicted octanol–water partition coefficient (Wildman–Crippen LogP) is -0.146. The van der Waals surface area contributed by atoms with Crippen molar-refractivity contribution in [3.05, 3.63) is 0 Å². The topological polar surface area (TPSA) is 75.6 Å². The SMILES string of the molecule is CC(CN1CCCN(CCCCN)CC1)C(N)=O. The number of hydrogen-bond donors (Lipinski definition) is 2. The van der Waals surface area contributed by atoms with Crippen molar-refractivity contribution in [2.24, 2.45) is 17.4 Å². The summed E-state index contributed by atoms with van der Waals surface area (Å²) in [5.41, 5.74) is 10.8. The molecule has 18 heavy (non-hydrogen) atoms. The van der Waals surface area contributed by atoms with E-state index in [9.17, 15) is 4.79 Å². The molecule has 0 radical (unpaired) electrons. The molecule has 1 heterocycles. The van der Waals surface area contributed by atoms with Crippen LogP contribution in [0.5, 0.6) is 0 Å². The number of rotatable bonds is 7. The summed E-state index contributed by atoms with van der Waals surface area (Å²) in [7, 11) is 0. The zero-order valence-corrected chi connectivity index (χ0v) is 11.6. The van der Waals surface area contributed by atoms with E-state index < -0.39 is 0 Å². The number of nitrogens with zero attached hydrogens (tertiary/aromatic N) is 2. The summed E-state index contributed by atoms with van der Waals surface area (Å²) in [4.78, 5) is 15.9. The highest BCUT2D eigenvalue weighted by Gasteiger charge is 2.18. The molecule has 5 heteroatoms. The Bertz CT molecular complexity index is 247. The van der Waals surface area contributed by atoms with Crippen LogP contribution in [0.2, 0.25) is 0 Å². The van der Waals surface area contributed by atoms with Gasteiger partial charge in [0.15, 0.2) is 0 Å². The standard InChI is InChI=1S/C13H28N4O/c1-12(13(15)18)11-17-8-4-7-16(9-10-17)6-3-2-5-14/h12H,2-11,14H2,1H3,(H2,15,18). The maximum Gasteiger partial charge on any atom is 0.221 e. The van der Waals surface area contributed by atoms with E-state index in [0.29, 0.717) is 0 Å². The number of hydrogen-bond acceptors (Lipinski definition) is 4. The third kappa shape index (κ3) is 5.80. The molecule has 106 valence electrons. The van der Waals surface area contributed by atoms with Crippen LogP contribution in [0.15, 0.2) is 0 Å². The molecule has 0 aromatic heterocycles. The van der Waals surface area contributed by atoms with E-state index in [1.165, 1.54) is 12.8 Å². The van der Waals surface area contributed by atoms with Crippen LogP contribution in [0.3, 0.4) is 0 Å². The molecule has 0 aliphatic carbocycles. The molecular formula is C13H28N4O. The van der Waals surface area contributed by atoms with E-state index in [4.69, 9.17) is 11.5 Å². The van der Waals surface area contributed by atoms with Crippen LogP contribution in [0.4, 0.5) is 0 Å². The van der Waals surface area contributed by atoms with Gasteiger partial charge in [-0.05, 0) is 45.4 Å². The summed E-state index contributed by atoms with van der Waals surface area (Å²) in [6.07, 6.45) is 3.47.